The molecule has 0 saturated carbocycles. The molecule has 0 aliphatic heterocycles. The maximum absolute atomic E-state index is 12.7. The zero-order valence-electron chi connectivity index (χ0n) is 13.4. The highest BCUT2D eigenvalue weighted by molar-refractivity contribution is 5.98. The molecule has 118 valence electrons. The Balaban J connectivity index is 2.46. The third kappa shape index (κ3) is 3.36. The van der Waals surface area contributed by atoms with Crippen molar-refractivity contribution in [3.63, 3.8) is 0 Å². The summed E-state index contributed by atoms with van der Waals surface area (Å²) in [5.74, 6) is 0.224. The largest absolute Gasteiger partial charge is 0.481 e. The van der Waals surface area contributed by atoms with E-state index in [1.54, 1.807) is 25.0 Å². The minimum Gasteiger partial charge on any atom is -0.481 e. The van der Waals surface area contributed by atoms with Gasteiger partial charge in [0.15, 0.2) is 0 Å². The van der Waals surface area contributed by atoms with E-state index in [1.165, 1.54) is 0 Å². The second kappa shape index (κ2) is 6.75. The van der Waals surface area contributed by atoms with Crippen LogP contribution in [0.4, 0.5) is 0 Å². The summed E-state index contributed by atoms with van der Waals surface area (Å²) < 4.78 is 5.31. The Hall–Kier alpha value is -2.14. The second-order valence-electron chi connectivity index (χ2n) is 5.64. The lowest BCUT2D eigenvalue weighted by molar-refractivity contribution is 0.0572. The van der Waals surface area contributed by atoms with E-state index < -0.39 is 6.10 Å². The predicted octanol–water partition coefficient (Wildman–Crippen LogP) is 2.47. The number of carbonyl (C=O) groups is 1. The Kier molecular flexibility index (Phi) is 4.98. The fraction of sp³-hybridized carbons (Fsp3) is 0.412. The number of aromatic nitrogens is 1. The zero-order valence-corrected chi connectivity index (χ0v) is 13.4. The van der Waals surface area contributed by atoms with Crippen LogP contribution in [0, 0.1) is 0 Å². The van der Waals surface area contributed by atoms with E-state index in [0.29, 0.717) is 11.6 Å². The van der Waals surface area contributed by atoms with Gasteiger partial charge in [0.05, 0.1) is 13.2 Å². The van der Waals surface area contributed by atoms with E-state index in [1.807, 2.05) is 38.1 Å². The van der Waals surface area contributed by atoms with Crippen LogP contribution in [-0.2, 0) is 0 Å². The average Bonchev–Trinajstić information content (AvgIpc) is 2.50. The van der Waals surface area contributed by atoms with Crippen LogP contribution >= 0.6 is 0 Å². The lowest BCUT2D eigenvalue weighted by Gasteiger charge is -2.27. The number of fused-ring (bicyclic) bond motifs is 1. The maximum atomic E-state index is 12.7. The van der Waals surface area contributed by atoms with Crippen LogP contribution in [0.1, 0.15) is 31.3 Å². The Morgan fingerprint density at radius 1 is 1.32 bits per heavy atom. The third-order valence-corrected chi connectivity index (χ3v) is 3.46. The van der Waals surface area contributed by atoms with Gasteiger partial charge in [-0.25, -0.2) is 4.98 Å². The van der Waals surface area contributed by atoms with E-state index in [-0.39, 0.29) is 18.5 Å². The van der Waals surface area contributed by atoms with Crippen molar-refractivity contribution in [1.29, 1.82) is 0 Å². The number of aliphatic hydroxyl groups is 1. The number of nitrogens with zero attached hydrogens (tertiary/aromatic N) is 2. The number of carbonyl (C=O) groups excluding carboxylic acids is 1. The van der Waals surface area contributed by atoms with Gasteiger partial charge in [0.25, 0.3) is 5.91 Å². The molecule has 5 nitrogen and oxygen atoms in total. The lowest BCUT2D eigenvalue weighted by Crippen LogP contribution is -2.41. The highest BCUT2D eigenvalue weighted by atomic mass is 16.5. The SMILES string of the molecule is COc1nc(C(=O)N(CC(C)O)C(C)C)cc2ccccc12. The molecular weight excluding hydrogens is 280 g/mol. The van der Waals surface area contributed by atoms with Crippen LogP contribution in [-0.4, -0.2) is 46.7 Å². The van der Waals surface area contributed by atoms with Gasteiger partial charge >= 0.3 is 0 Å². The normalized spacial score (nSPS) is 12.5. The number of amides is 1. The van der Waals surface area contributed by atoms with E-state index >= 15 is 0 Å². The van der Waals surface area contributed by atoms with Crippen LogP contribution in [0.3, 0.4) is 0 Å². The van der Waals surface area contributed by atoms with Crippen molar-refractivity contribution < 1.29 is 14.6 Å². The Bertz CT molecular complexity index is 668. The summed E-state index contributed by atoms with van der Waals surface area (Å²) in [7, 11) is 1.54. The van der Waals surface area contributed by atoms with Gasteiger partial charge in [-0.1, -0.05) is 18.2 Å². The van der Waals surface area contributed by atoms with Crippen LogP contribution in [0.25, 0.3) is 10.8 Å². The smallest absolute Gasteiger partial charge is 0.272 e. The molecule has 1 atom stereocenters. The molecule has 2 rings (SSSR count). The first-order valence-corrected chi connectivity index (χ1v) is 7.36. The van der Waals surface area contributed by atoms with E-state index in [2.05, 4.69) is 4.98 Å². The molecular formula is C17H22N2O3. The molecule has 2 aromatic rings. The van der Waals surface area contributed by atoms with E-state index in [9.17, 15) is 9.90 Å². The Morgan fingerprint density at radius 2 is 2.00 bits per heavy atom. The topological polar surface area (TPSA) is 62.7 Å². The average molecular weight is 302 g/mol. The summed E-state index contributed by atoms with van der Waals surface area (Å²) >= 11 is 0. The molecule has 22 heavy (non-hydrogen) atoms. The van der Waals surface area contributed by atoms with Gasteiger partial charge in [-0.05, 0) is 38.3 Å². The summed E-state index contributed by atoms with van der Waals surface area (Å²) in [5.41, 5.74) is 0.324. The molecule has 1 aromatic carbocycles. The quantitative estimate of drug-likeness (QED) is 0.921. The molecule has 0 aliphatic carbocycles. The second-order valence-corrected chi connectivity index (χ2v) is 5.64. The van der Waals surface area contributed by atoms with Crippen molar-refractivity contribution in [3.8, 4) is 5.88 Å². The van der Waals surface area contributed by atoms with E-state index in [4.69, 9.17) is 4.74 Å². The van der Waals surface area contributed by atoms with Gasteiger partial charge in [-0.15, -0.1) is 0 Å². The minimum atomic E-state index is -0.589. The van der Waals surface area contributed by atoms with Crippen LogP contribution in [0.5, 0.6) is 5.88 Å². The van der Waals surface area contributed by atoms with Crippen molar-refractivity contribution in [3.05, 3.63) is 36.0 Å². The number of methoxy groups -OCH3 is 1. The molecule has 1 N–H and O–H groups in total. The zero-order chi connectivity index (χ0) is 16.3. The summed E-state index contributed by atoms with van der Waals surface area (Å²) in [5, 5.41) is 11.4. The van der Waals surface area contributed by atoms with Crippen molar-refractivity contribution >= 4 is 16.7 Å². The van der Waals surface area contributed by atoms with Crippen LogP contribution in [0.2, 0.25) is 0 Å². The number of aliphatic hydroxyl groups excluding tert-OH is 1. The highest BCUT2D eigenvalue weighted by Gasteiger charge is 2.22. The monoisotopic (exact) mass is 302 g/mol. The molecule has 0 radical (unpaired) electrons. The van der Waals surface area contributed by atoms with E-state index in [0.717, 1.165) is 10.8 Å². The fourth-order valence-corrected chi connectivity index (χ4v) is 2.39. The third-order valence-electron chi connectivity index (χ3n) is 3.46. The highest BCUT2D eigenvalue weighted by Crippen LogP contribution is 2.25. The van der Waals surface area contributed by atoms with Gasteiger partial charge in [-0.2, -0.15) is 0 Å². The number of hydrogen-bond donors (Lipinski definition) is 1. The summed E-state index contributed by atoms with van der Waals surface area (Å²) in [6, 6.07) is 9.38. The predicted molar refractivity (Wildman–Crippen MR) is 86.1 cm³/mol. The summed E-state index contributed by atoms with van der Waals surface area (Å²) in [6.07, 6.45) is -0.589. The fourth-order valence-electron chi connectivity index (χ4n) is 2.39. The lowest BCUT2D eigenvalue weighted by atomic mass is 10.1. The Morgan fingerprint density at radius 3 is 2.59 bits per heavy atom. The maximum Gasteiger partial charge on any atom is 0.272 e. The molecule has 1 amide bonds. The van der Waals surface area contributed by atoms with Crippen molar-refractivity contribution in [2.75, 3.05) is 13.7 Å². The number of benzene rings is 1. The standard InChI is InChI=1S/C17H22N2O3/c1-11(2)19(10-12(3)20)17(21)15-9-13-7-5-6-8-14(13)16(18-15)22-4/h5-9,11-12,20H,10H2,1-4H3. The first-order valence-electron chi connectivity index (χ1n) is 7.36. The minimum absolute atomic E-state index is 0.0265. The first kappa shape index (κ1) is 16.2. The van der Waals surface area contributed by atoms with Gasteiger partial charge < -0.3 is 14.7 Å². The van der Waals surface area contributed by atoms with Gasteiger partial charge in [0, 0.05) is 18.0 Å². The number of pyridine rings is 1. The molecule has 5 heteroatoms. The van der Waals surface area contributed by atoms with Crippen LogP contribution < -0.4 is 4.74 Å². The molecule has 0 saturated heterocycles. The summed E-state index contributed by atoms with van der Waals surface area (Å²) in [6.45, 7) is 5.77. The van der Waals surface area contributed by atoms with Gasteiger partial charge in [-0.3, -0.25) is 4.79 Å². The number of ether oxygens (including phenoxy) is 1. The number of hydrogen-bond acceptors (Lipinski definition) is 4. The van der Waals surface area contributed by atoms with Crippen LogP contribution in [0.15, 0.2) is 30.3 Å². The molecule has 0 fully saturated rings. The van der Waals surface area contributed by atoms with Crippen molar-refractivity contribution in [2.24, 2.45) is 0 Å². The molecule has 0 bridgehead atoms. The van der Waals surface area contributed by atoms with Gasteiger partial charge in [0.2, 0.25) is 5.88 Å². The molecule has 0 aliphatic rings. The Labute approximate surface area is 130 Å². The molecule has 0 spiro atoms. The molecule has 1 heterocycles. The number of rotatable bonds is 5. The molecule has 1 aromatic heterocycles. The van der Waals surface area contributed by atoms with Crippen molar-refractivity contribution in [1.82, 2.24) is 9.88 Å². The van der Waals surface area contributed by atoms with Gasteiger partial charge in [0.1, 0.15) is 5.69 Å². The molecule has 1 unspecified atom stereocenters. The first-order chi connectivity index (χ1) is 10.4. The summed E-state index contributed by atoms with van der Waals surface area (Å²) in [4.78, 5) is 18.7. The van der Waals surface area contributed by atoms with Crippen molar-refractivity contribution in [2.45, 2.75) is 32.9 Å².